The third kappa shape index (κ3) is 3.30. The molecule has 0 spiro atoms. The van der Waals surface area contributed by atoms with Gasteiger partial charge in [-0.3, -0.25) is 0 Å². The predicted octanol–water partition coefficient (Wildman–Crippen LogP) is 3.12. The highest BCUT2D eigenvalue weighted by molar-refractivity contribution is 5.75. The Labute approximate surface area is 115 Å². The molecule has 0 aliphatic rings. The van der Waals surface area contributed by atoms with Gasteiger partial charge in [0.25, 0.3) is 0 Å². The maximum Gasteiger partial charge on any atom is 0.406 e. The molecule has 110 valence electrons. The van der Waals surface area contributed by atoms with Gasteiger partial charge in [-0.2, -0.15) is 13.2 Å². The van der Waals surface area contributed by atoms with Gasteiger partial charge in [0.2, 0.25) is 0 Å². The van der Waals surface area contributed by atoms with Gasteiger partial charge < -0.3 is 10.3 Å². The van der Waals surface area contributed by atoms with E-state index in [1.165, 1.54) is 4.57 Å². The summed E-state index contributed by atoms with van der Waals surface area (Å²) in [4.78, 5) is 4.30. The Morgan fingerprint density at radius 3 is 2.50 bits per heavy atom. The number of halogens is 3. The third-order valence-electron chi connectivity index (χ3n) is 3.35. The molecule has 3 nitrogen and oxygen atoms in total. The number of benzene rings is 1. The topological polar surface area (TPSA) is 43.8 Å². The van der Waals surface area contributed by atoms with Crippen LogP contribution in [0.25, 0.3) is 11.0 Å². The van der Waals surface area contributed by atoms with Crippen LogP contribution in [-0.2, 0) is 13.0 Å². The van der Waals surface area contributed by atoms with Crippen molar-refractivity contribution < 1.29 is 13.2 Å². The van der Waals surface area contributed by atoms with Crippen molar-refractivity contribution in [3.8, 4) is 0 Å². The second kappa shape index (κ2) is 5.44. The molecule has 6 heteroatoms. The second-order valence-electron chi connectivity index (χ2n) is 5.33. The van der Waals surface area contributed by atoms with E-state index in [2.05, 4.69) is 4.98 Å². The Kier molecular flexibility index (Phi) is 4.04. The number of nitrogens with two attached hydrogens (primary N) is 1. The maximum absolute atomic E-state index is 12.7. The molecular formula is C14H18F3N3. The van der Waals surface area contributed by atoms with Crippen LogP contribution in [0.5, 0.6) is 0 Å². The fourth-order valence-electron chi connectivity index (χ4n) is 2.08. The van der Waals surface area contributed by atoms with Gasteiger partial charge in [0.05, 0.1) is 11.0 Å². The third-order valence-corrected chi connectivity index (χ3v) is 3.35. The van der Waals surface area contributed by atoms with Crippen LogP contribution < -0.4 is 5.73 Å². The zero-order valence-electron chi connectivity index (χ0n) is 11.5. The number of alkyl halides is 3. The molecule has 0 aliphatic heterocycles. The van der Waals surface area contributed by atoms with Crippen LogP contribution in [-0.4, -0.2) is 21.8 Å². The van der Waals surface area contributed by atoms with E-state index < -0.39 is 12.7 Å². The van der Waals surface area contributed by atoms with Crippen molar-refractivity contribution in [2.45, 2.75) is 39.0 Å². The first-order valence-corrected chi connectivity index (χ1v) is 6.54. The number of hydrogen-bond donors (Lipinski definition) is 1. The summed E-state index contributed by atoms with van der Waals surface area (Å²) < 4.78 is 39.4. The molecular weight excluding hydrogens is 267 g/mol. The molecule has 1 aromatic heterocycles. The normalized spacial score (nSPS) is 14.2. The largest absolute Gasteiger partial charge is 0.406 e. The van der Waals surface area contributed by atoms with Crippen molar-refractivity contribution in [2.24, 2.45) is 11.7 Å². The van der Waals surface area contributed by atoms with E-state index in [4.69, 9.17) is 5.73 Å². The second-order valence-corrected chi connectivity index (χ2v) is 5.33. The number of nitrogens with zero attached hydrogens (tertiary/aromatic N) is 2. The molecule has 1 aromatic carbocycles. The van der Waals surface area contributed by atoms with Crippen LogP contribution in [0, 0.1) is 5.92 Å². The fraction of sp³-hybridized carbons (Fsp3) is 0.500. The SMILES string of the molecule is CC(C)C(N)Cc1nc2ccccc2n1CC(F)(F)F. The molecule has 0 aliphatic carbocycles. The molecule has 0 bridgehead atoms. The number of aromatic nitrogens is 2. The van der Waals surface area contributed by atoms with E-state index in [0.717, 1.165) is 0 Å². The van der Waals surface area contributed by atoms with Gasteiger partial charge in [0, 0.05) is 12.5 Å². The quantitative estimate of drug-likeness (QED) is 0.938. The first-order valence-electron chi connectivity index (χ1n) is 6.54. The number of hydrogen-bond acceptors (Lipinski definition) is 2. The van der Waals surface area contributed by atoms with E-state index in [-0.39, 0.29) is 12.0 Å². The smallest absolute Gasteiger partial charge is 0.327 e. The first kappa shape index (κ1) is 14.8. The summed E-state index contributed by atoms with van der Waals surface area (Å²) in [5.41, 5.74) is 7.04. The number of fused-ring (bicyclic) bond motifs is 1. The van der Waals surface area contributed by atoms with Gasteiger partial charge >= 0.3 is 6.18 Å². The lowest BCUT2D eigenvalue weighted by molar-refractivity contribution is -0.140. The number of rotatable bonds is 4. The summed E-state index contributed by atoms with van der Waals surface area (Å²) in [5.74, 6) is 0.582. The summed E-state index contributed by atoms with van der Waals surface area (Å²) >= 11 is 0. The minimum Gasteiger partial charge on any atom is -0.327 e. The minimum absolute atomic E-state index is 0.189. The van der Waals surface area contributed by atoms with Gasteiger partial charge in [0.1, 0.15) is 12.4 Å². The fourth-order valence-corrected chi connectivity index (χ4v) is 2.08. The Morgan fingerprint density at radius 1 is 1.25 bits per heavy atom. The van der Waals surface area contributed by atoms with E-state index in [9.17, 15) is 13.2 Å². The van der Waals surface area contributed by atoms with Crippen LogP contribution >= 0.6 is 0 Å². The average Bonchev–Trinajstić information content (AvgIpc) is 2.65. The Balaban J connectivity index is 2.44. The highest BCUT2D eigenvalue weighted by Crippen LogP contribution is 2.24. The Morgan fingerprint density at radius 2 is 1.90 bits per heavy atom. The van der Waals surface area contributed by atoms with Crippen molar-refractivity contribution >= 4 is 11.0 Å². The van der Waals surface area contributed by atoms with Crippen LogP contribution in [0.15, 0.2) is 24.3 Å². The number of para-hydroxylation sites is 2. The Hall–Kier alpha value is -1.56. The highest BCUT2D eigenvalue weighted by Gasteiger charge is 2.30. The van der Waals surface area contributed by atoms with Gasteiger partial charge in [-0.05, 0) is 18.1 Å². The van der Waals surface area contributed by atoms with Crippen LogP contribution in [0.3, 0.4) is 0 Å². The van der Waals surface area contributed by atoms with E-state index in [0.29, 0.717) is 23.3 Å². The predicted molar refractivity (Wildman–Crippen MR) is 72.3 cm³/mol. The monoisotopic (exact) mass is 285 g/mol. The molecule has 2 aromatic rings. The average molecular weight is 285 g/mol. The molecule has 1 atom stereocenters. The maximum atomic E-state index is 12.7. The van der Waals surface area contributed by atoms with Crippen molar-refractivity contribution in [3.05, 3.63) is 30.1 Å². The highest BCUT2D eigenvalue weighted by atomic mass is 19.4. The summed E-state index contributed by atoms with van der Waals surface area (Å²) in [6, 6.07) is 6.63. The van der Waals surface area contributed by atoms with Gasteiger partial charge in [-0.15, -0.1) is 0 Å². The molecule has 2 rings (SSSR count). The van der Waals surface area contributed by atoms with Crippen molar-refractivity contribution in [3.63, 3.8) is 0 Å². The van der Waals surface area contributed by atoms with E-state index in [1.807, 2.05) is 13.8 Å². The summed E-state index contributed by atoms with van der Waals surface area (Å²) in [7, 11) is 0. The molecule has 1 heterocycles. The van der Waals surface area contributed by atoms with Gasteiger partial charge in [0.15, 0.2) is 0 Å². The molecule has 0 amide bonds. The lowest BCUT2D eigenvalue weighted by Crippen LogP contribution is -2.31. The van der Waals surface area contributed by atoms with Crippen LogP contribution in [0.2, 0.25) is 0 Å². The van der Waals surface area contributed by atoms with Crippen molar-refractivity contribution in [1.29, 1.82) is 0 Å². The van der Waals surface area contributed by atoms with Crippen molar-refractivity contribution in [2.75, 3.05) is 0 Å². The summed E-state index contributed by atoms with van der Waals surface area (Å²) in [6.45, 7) is 2.86. The molecule has 0 saturated carbocycles. The lowest BCUT2D eigenvalue weighted by atomic mass is 10.0. The molecule has 2 N–H and O–H groups in total. The molecule has 0 fully saturated rings. The van der Waals surface area contributed by atoms with Gasteiger partial charge in [-0.25, -0.2) is 4.98 Å². The number of imidazole rings is 1. The molecule has 0 saturated heterocycles. The summed E-state index contributed by atoms with van der Waals surface area (Å²) in [5, 5.41) is 0. The summed E-state index contributed by atoms with van der Waals surface area (Å²) in [6.07, 6.45) is -3.94. The van der Waals surface area contributed by atoms with Crippen LogP contribution in [0.1, 0.15) is 19.7 Å². The standard InChI is InChI=1S/C14H18F3N3/c1-9(2)10(18)7-13-19-11-5-3-4-6-12(11)20(13)8-14(15,16)17/h3-6,9-10H,7-8,18H2,1-2H3. The molecule has 0 radical (unpaired) electrons. The first-order chi connectivity index (χ1) is 9.28. The van der Waals surface area contributed by atoms with E-state index >= 15 is 0 Å². The van der Waals surface area contributed by atoms with E-state index in [1.54, 1.807) is 24.3 Å². The Bertz CT molecular complexity index is 587. The molecule has 1 unspecified atom stereocenters. The van der Waals surface area contributed by atoms with Crippen LogP contribution in [0.4, 0.5) is 13.2 Å². The zero-order chi connectivity index (χ0) is 14.9. The zero-order valence-corrected chi connectivity index (χ0v) is 11.5. The lowest BCUT2D eigenvalue weighted by Gasteiger charge is -2.17. The minimum atomic E-state index is -4.28. The van der Waals surface area contributed by atoms with Crippen molar-refractivity contribution in [1.82, 2.24) is 9.55 Å². The van der Waals surface area contributed by atoms with Gasteiger partial charge in [-0.1, -0.05) is 26.0 Å². The molecule has 20 heavy (non-hydrogen) atoms.